The van der Waals surface area contributed by atoms with Crippen LogP contribution in [-0.4, -0.2) is 47.2 Å². The van der Waals surface area contributed by atoms with Crippen LogP contribution in [0.25, 0.3) is 0 Å². The van der Waals surface area contributed by atoms with E-state index in [9.17, 15) is 14.9 Å². The topological polar surface area (TPSA) is 99.8 Å². The maximum absolute atomic E-state index is 11.1. The number of carboxylic acid groups (broad SMARTS) is 1. The van der Waals surface area contributed by atoms with E-state index in [4.69, 9.17) is 5.11 Å². The van der Waals surface area contributed by atoms with E-state index in [1.165, 1.54) is 12.3 Å². The zero-order valence-corrected chi connectivity index (χ0v) is 12.8. The molecule has 8 heteroatoms. The second kappa shape index (κ2) is 6.53. The van der Waals surface area contributed by atoms with Crippen LogP contribution in [0.1, 0.15) is 10.4 Å². The molecule has 0 amide bonds. The molecule has 1 aromatic carbocycles. The van der Waals surface area contributed by atoms with Crippen molar-refractivity contribution in [3.63, 3.8) is 0 Å². The molecule has 0 atom stereocenters. The Bertz CT molecular complexity index is 755. The Kier molecular flexibility index (Phi) is 4.28. The van der Waals surface area contributed by atoms with Gasteiger partial charge in [-0.1, -0.05) is 6.07 Å². The molecule has 0 aliphatic carbocycles. The van der Waals surface area contributed by atoms with E-state index in [0.717, 1.165) is 18.8 Å². The number of pyridine rings is 1. The highest BCUT2D eigenvalue weighted by molar-refractivity contribution is 5.88. The molecular weight excluding hydrogens is 312 g/mol. The maximum Gasteiger partial charge on any atom is 0.335 e. The van der Waals surface area contributed by atoms with Crippen LogP contribution in [0.5, 0.6) is 0 Å². The van der Waals surface area contributed by atoms with Gasteiger partial charge in [-0.3, -0.25) is 10.1 Å². The van der Waals surface area contributed by atoms with Crippen molar-refractivity contribution in [3.05, 3.63) is 58.3 Å². The van der Waals surface area contributed by atoms with Crippen LogP contribution in [0.2, 0.25) is 0 Å². The minimum absolute atomic E-state index is 0.0251. The summed E-state index contributed by atoms with van der Waals surface area (Å²) < 4.78 is 0. The summed E-state index contributed by atoms with van der Waals surface area (Å²) in [5.74, 6) is -0.231. The second-order valence-corrected chi connectivity index (χ2v) is 5.46. The number of rotatable bonds is 4. The molecule has 8 nitrogen and oxygen atoms in total. The second-order valence-electron chi connectivity index (χ2n) is 5.46. The number of hydrogen-bond acceptors (Lipinski definition) is 6. The number of anilines is 2. The predicted molar refractivity (Wildman–Crippen MR) is 88.7 cm³/mol. The SMILES string of the molecule is O=C(O)c1cccc(N2CCN(c3ccc([N+](=O)[O-])cn3)CC2)c1. The Balaban J connectivity index is 1.66. The molecule has 24 heavy (non-hydrogen) atoms. The molecule has 1 N–H and O–H groups in total. The van der Waals surface area contributed by atoms with Gasteiger partial charge in [0.1, 0.15) is 12.0 Å². The van der Waals surface area contributed by atoms with Gasteiger partial charge in [0.2, 0.25) is 0 Å². The van der Waals surface area contributed by atoms with E-state index in [1.54, 1.807) is 24.3 Å². The molecule has 0 bridgehead atoms. The molecule has 0 unspecified atom stereocenters. The van der Waals surface area contributed by atoms with Gasteiger partial charge in [0.15, 0.2) is 0 Å². The molecule has 0 radical (unpaired) electrons. The van der Waals surface area contributed by atoms with Gasteiger partial charge in [-0.2, -0.15) is 0 Å². The molecule has 2 aromatic rings. The highest BCUT2D eigenvalue weighted by Gasteiger charge is 2.19. The molecule has 3 rings (SSSR count). The fourth-order valence-corrected chi connectivity index (χ4v) is 2.70. The molecule has 1 saturated heterocycles. The third-order valence-electron chi connectivity index (χ3n) is 4.00. The summed E-state index contributed by atoms with van der Waals surface area (Å²) in [5, 5.41) is 19.7. The van der Waals surface area contributed by atoms with Crippen molar-refractivity contribution in [2.45, 2.75) is 0 Å². The molecular formula is C16H16N4O4. The van der Waals surface area contributed by atoms with Crippen LogP contribution >= 0.6 is 0 Å². The zero-order valence-electron chi connectivity index (χ0n) is 12.8. The van der Waals surface area contributed by atoms with E-state index >= 15 is 0 Å². The number of hydrogen-bond donors (Lipinski definition) is 1. The number of benzene rings is 1. The Morgan fingerprint density at radius 1 is 1.12 bits per heavy atom. The molecule has 2 heterocycles. The largest absolute Gasteiger partial charge is 0.478 e. The van der Waals surface area contributed by atoms with Crippen molar-refractivity contribution >= 4 is 23.2 Å². The summed E-state index contributed by atoms with van der Waals surface area (Å²) in [6.07, 6.45) is 1.26. The first-order valence-electron chi connectivity index (χ1n) is 7.48. The van der Waals surface area contributed by atoms with Crippen LogP contribution in [0.15, 0.2) is 42.6 Å². The average Bonchev–Trinajstić information content (AvgIpc) is 2.62. The number of carboxylic acids is 1. The van der Waals surface area contributed by atoms with Crippen molar-refractivity contribution in [2.75, 3.05) is 36.0 Å². The molecule has 1 fully saturated rings. The van der Waals surface area contributed by atoms with Gasteiger partial charge in [0.25, 0.3) is 5.69 Å². The lowest BCUT2D eigenvalue weighted by Crippen LogP contribution is -2.46. The molecule has 1 aliphatic heterocycles. The zero-order chi connectivity index (χ0) is 17.1. The van der Waals surface area contributed by atoms with E-state index in [1.807, 2.05) is 6.07 Å². The maximum atomic E-state index is 11.1. The number of nitrogens with zero attached hydrogens (tertiary/aromatic N) is 4. The van der Waals surface area contributed by atoms with Gasteiger partial charge in [0, 0.05) is 37.9 Å². The third kappa shape index (κ3) is 3.27. The van der Waals surface area contributed by atoms with Gasteiger partial charge in [-0.25, -0.2) is 9.78 Å². The van der Waals surface area contributed by atoms with Crippen LogP contribution < -0.4 is 9.80 Å². The van der Waals surface area contributed by atoms with Crippen LogP contribution in [0.4, 0.5) is 17.2 Å². The normalized spacial score (nSPS) is 14.5. The number of carbonyl (C=O) groups is 1. The highest BCUT2D eigenvalue weighted by atomic mass is 16.6. The van der Waals surface area contributed by atoms with Gasteiger partial charge in [-0.05, 0) is 24.3 Å². The molecule has 0 saturated carbocycles. The summed E-state index contributed by atoms with van der Waals surface area (Å²) in [4.78, 5) is 29.6. The quantitative estimate of drug-likeness (QED) is 0.677. The Morgan fingerprint density at radius 2 is 1.83 bits per heavy atom. The Hall–Kier alpha value is -3.16. The molecule has 0 spiro atoms. The van der Waals surface area contributed by atoms with Crippen molar-refractivity contribution in [2.24, 2.45) is 0 Å². The summed E-state index contributed by atoms with van der Waals surface area (Å²) >= 11 is 0. The number of aromatic nitrogens is 1. The fourth-order valence-electron chi connectivity index (χ4n) is 2.70. The minimum Gasteiger partial charge on any atom is -0.478 e. The summed E-state index contributed by atoms with van der Waals surface area (Å²) in [6, 6.07) is 9.98. The van der Waals surface area contributed by atoms with Crippen LogP contribution in [0, 0.1) is 10.1 Å². The van der Waals surface area contributed by atoms with E-state index in [-0.39, 0.29) is 11.3 Å². The summed E-state index contributed by atoms with van der Waals surface area (Å²) in [5.41, 5.74) is 1.13. The smallest absolute Gasteiger partial charge is 0.335 e. The van der Waals surface area contributed by atoms with Gasteiger partial charge < -0.3 is 14.9 Å². The number of nitro groups is 1. The van der Waals surface area contributed by atoms with Crippen molar-refractivity contribution in [1.82, 2.24) is 4.98 Å². The number of piperazine rings is 1. The number of aromatic carboxylic acids is 1. The first-order chi connectivity index (χ1) is 11.5. The molecule has 1 aliphatic rings. The third-order valence-corrected chi connectivity index (χ3v) is 4.00. The van der Waals surface area contributed by atoms with E-state index in [2.05, 4.69) is 14.8 Å². The van der Waals surface area contributed by atoms with Gasteiger partial charge in [-0.15, -0.1) is 0 Å². The van der Waals surface area contributed by atoms with Gasteiger partial charge in [0.05, 0.1) is 10.5 Å². The van der Waals surface area contributed by atoms with E-state index in [0.29, 0.717) is 18.9 Å². The summed E-state index contributed by atoms with van der Waals surface area (Å²) in [6.45, 7) is 2.87. The Morgan fingerprint density at radius 3 is 2.42 bits per heavy atom. The van der Waals surface area contributed by atoms with Crippen LogP contribution in [-0.2, 0) is 0 Å². The first-order valence-corrected chi connectivity index (χ1v) is 7.48. The molecule has 124 valence electrons. The predicted octanol–water partition coefficient (Wildman–Crippen LogP) is 2.01. The first kappa shape index (κ1) is 15.7. The fraction of sp³-hybridized carbons (Fsp3) is 0.250. The van der Waals surface area contributed by atoms with Crippen molar-refractivity contribution in [1.29, 1.82) is 0 Å². The minimum atomic E-state index is -0.939. The summed E-state index contributed by atoms with van der Waals surface area (Å²) in [7, 11) is 0. The lowest BCUT2D eigenvalue weighted by molar-refractivity contribution is -0.385. The highest BCUT2D eigenvalue weighted by Crippen LogP contribution is 2.21. The van der Waals surface area contributed by atoms with Crippen molar-refractivity contribution < 1.29 is 14.8 Å². The molecule has 1 aromatic heterocycles. The monoisotopic (exact) mass is 328 g/mol. The lowest BCUT2D eigenvalue weighted by Gasteiger charge is -2.36. The Labute approximate surface area is 138 Å². The van der Waals surface area contributed by atoms with Gasteiger partial charge >= 0.3 is 5.97 Å². The lowest BCUT2D eigenvalue weighted by atomic mass is 10.1. The standard InChI is InChI=1S/C16H16N4O4/c21-16(22)12-2-1-3-13(10-12)18-6-8-19(9-7-18)15-5-4-14(11-17-15)20(23)24/h1-5,10-11H,6-9H2,(H,21,22). The van der Waals surface area contributed by atoms with Crippen LogP contribution in [0.3, 0.4) is 0 Å². The van der Waals surface area contributed by atoms with Crippen molar-refractivity contribution in [3.8, 4) is 0 Å². The average molecular weight is 328 g/mol. The van der Waals surface area contributed by atoms with E-state index < -0.39 is 10.9 Å².